The summed E-state index contributed by atoms with van der Waals surface area (Å²) in [6, 6.07) is 6.46. The molecule has 1 saturated carbocycles. The Morgan fingerprint density at radius 1 is 1.11 bits per heavy atom. The van der Waals surface area contributed by atoms with Gasteiger partial charge in [0.25, 0.3) is 5.89 Å². The minimum Gasteiger partial charge on any atom is -0.418 e. The molecule has 200 valence electrons. The number of amides is 3. The number of halogens is 1. The molecule has 2 aliphatic rings. The van der Waals surface area contributed by atoms with Crippen molar-refractivity contribution in [2.75, 3.05) is 26.3 Å². The summed E-state index contributed by atoms with van der Waals surface area (Å²) >= 11 is 0. The number of aromatic nitrogens is 2. The Morgan fingerprint density at radius 2 is 1.81 bits per heavy atom. The summed E-state index contributed by atoms with van der Waals surface area (Å²) in [5.41, 5.74) is -1.03. The lowest BCUT2D eigenvalue weighted by Crippen LogP contribution is -2.57. The second-order valence-corrected chi connectivity index (χ2v) is 9.93. The third-order valence-electron chi connectivity index (χ3n) is 6.58. The molecule has 2 fully saturated rings. The van der Waals surface area contributed by atoms with Gasteiger partial charge in [-0.3, -0.25) is 9.59 Å². The zero-order chi connectivity index (χ0) is 26.4. The quantitative estimate of drug-likeness (QED) is 0.441. The maximum absolute atomic E-state index is 15.7. The lowest BCUT2D eigenvalue weighted by molar-refractivity contribution is -0.124. The van der Waals surface area contributed by atoms with Crippen molar-refractivity contribution in [2.45, 2.75) is 69.6 Å². The maximum atomic E-state index is 15.7. The molecule has 0 radical (unpaired) electrons. The number of benzene rings is 1. The molecular formula is C26H34FN5O5. The first-order valence-electron chi connectivity index (χ1n) is 12.8. The minimum absolute atomic E-state index is 0.0626. The predicted octanol–water partition coefficient (Wildman–Crippen LogP) is 2.80. The van der Waals surface area contributed by atoms with Crippen LogP contribution in [0.25, 0.3) is 0 Å². The lowest BCUT2D eigenvalue weighted by atomic mass is 9.91. The van der Waals surface area contributed by atoms with Gasteiger partial charge in [-0.05, 0) is 31.7 Å². The van der Waals surface area contributed by atoms with Crippen LogP contribution in [-0.2, 0) is 16.0 Å². The van der Waals surface area contributed by atoms with Crippen LogP contribution in [0.4, 0.5) is 9.18 Å². The lowest BCUT2D eigenvalue weighted by Gasteiger charge is -2.31. The molecule has 1 aromatic heterocycles. The van der Waals surface area contributed by atoms with Crippen LogP contribution in [-0.4, -0.2) is 76.9 Å². The van der Waals surface area contributed by atoms with E-state index in [2.05, 4.69) is 20.8 Å². The van der Waals surface area contributed by atoms with Gasteiger partial charge >= 0.3 is 6.03 Å². The Hall–Kier alpha value is -3.34. The van der Waals surface area contributed by atoms with Crippen LogP contribution >= 0.6 is 0 Å². The average Bonchev–Trinajstić information content (AvgIpc) is 3.63. The Labute approximate surface area is 215 Å². The number of Topliss-reactive ketones (excluding diaryl/α,β-unsaturated/α-hetero) is 1. The second-order valence-electron chi connectivity index (χ2n) is 9.93. The van der Waals surface area contributed by atoms with Crippen molar-refractivity contribution >= 4 is 17.7 Å². The first-order chi connectivity index (χ1) is 17.8. The molecular weight excluding hydrogens is 481 g/mol. The summed E-state index contributed by atoms with van der Waals surface area (Å²) in [5, 5.41) is 13.1. The highest BCUT2D eigenvalue weighted by atomic mass is 19.1. The average molecular weight is 516 g/mol. The van der Waals surface area contributed by atoms with Crippen molar-refractivity contribution in [3.63, 3.8) is 0 Å². The molecule has 37 heavy (non-hydrogen) atoms. The SMILES string of the molecule is CCC(NC(=O)C(CC(C)(F)Cc1ccccc1)NC(=O)N1CCOCC1)C(=O)c1nnc(C2CC2)o1. The molecule has 3 unspecified atom stereocenters. The fraction of sp³-hybridized carbons (Fsp3) is 0.577. The topological polar surface area (TPSA) is 127 Å². The van der Waals surface area contributed by atoms with E-state index in [0.29, 0.717) is 32.2 Å². The molecule has 3 atom stereocenters. The van der Waals surface area contributed by atoms with Crippen LogP contribution in [0.2, 0.25) is 0 Å². The van der Waals surface area contributed by atoms with Gasteiger partial charge in [-0.25, -0.2) is 9.18 Å². The van der Waals surface area contributed by atoms with E-state index in [4.69, 9.17) is 9.15 Å². The standard InChI is InChI=1S/C26H34FN5O5/c1-3-19(21(33)24-31-30-23(37-24)18-9-10-18)28-22(34)20(29-25(35)32-11-13-36-14-12-32)16-26(2,27)15-17-7-5-4-6-8-17/h4-8,18-20H,3,9-16H2,1-2H3,(H,28,34)(H,29,35). The zero-order valence-electron chi connectivity index (χ0n) is 21.2. The van der Waals surface area contributed by atoms with Crippen molar-refractivity contribution in [1.82, 2.24) is 25.7 Å². The molecule has 1 aliphatic carbocycles. The van der Waals surface area contributed by atoms with Crippen LogP contribution < -0.4 is 10.6 Å². The Bertz CT molecular complexity index is 1080. The van der Waals surface area contributed by atoms with Crippen LogP contribution in [0.15, 0.2) is 34.7 Å². The second kappa shape index (κ2) is 11.8. The van der Waals surface area contributed by atoms with Gasteiger partial charge in [-0.2, -0.15) is 0 Å². The van der Waals surface area contributed by atoms with Crippen LogP contribution in [0.5, 0.6) is 0 Å². The van der Waals surface area contributed by atoms with Gasteiger partial charge in [0, 0.05) is 31.8 Å². The molecule has 0 bridgehead atoms. The van der Waals surface area contributed by atoms with Crippen molar-refractivity contribution in [3.8, 4) is 0 Å². The molecule has 2 N–H and O–H groups in total. The van der Waals surface area contributed by atoms with Gasteiger partial charge < -0.3 is 24.7 Å². The van der Waals surface area contributed by atoms with Crippen molar-refractivity contribution in [3.05, 3.63) is 47.7 Å². The van der Waals surface area contributed by atoms with E-state index >= 15 is 4.39 Å². The number of hydrogen-bond acceptors (Lipinski definition) is 7. The maximum Gasteiger partial charge on any atom is 0.318 e. The number of ether oxygens (including phenoxy) is 1. The van der Waals surface area contributed by atoms with Crippen LogP contribution in [0.3, 0.4) is 0 Å². The summed E-state index contributed by atoms with van der Waals surface area (Å²) in [5.74, 6) is -0.714. The van der Waals surface area contributed by atoms with E-state index < -0.39 is 35.5 Å². The van der Waals surface area contributed by atoms with E-state index in [9.17, 15) is 14.4 Å². The van der Waals surface area contributed by atoms with Gasteiger partial charge in [0.2, 0.25) is 17.6 Å². The van der Waals surface area contributed by atoms with Gasteiger partial charge in [-0.15, -0.1) is 10.2 Å². The van der Waals surface area contributed by atoms with E-state index in [1.807, 2.05) is 30.3 Å². The Morgan fingerprint density at radius 3 is 2.46 bits per heavy atom. The van der Waals surface area contributed by atoms with Gasteiger partial charge in [0.05, 0.1) is 19.3 Å². The fourth-order valence-electron chi connectivity index (χ4n) is 4.34. The van der Waals surface area contributed by atoms with E-state index in [0.717, 1.165) is 18.4 Å². The van der Waals surface area contributed by atoms with Crippen molar-refractivity contribution < 1.29 is 27.9 Å². The fourth-order valence-corrected chi connectivity index (χ4v) is 4.34. The van der Waals surface area contributed by atoms with E-state index in [-0.39, 0.29) is 31.1 Å². The summed E-state index contributed by atoms with van der Waals surface area (Å²) in [4.78, 5) is 40.8. The minimum atomic E-state index is -1.81. The first-order valence-corrected chi connectivity index (χ1v) is 12.8. The van der Waals surface area contributed by atoms with Crippen molar-refractivity contribution in [1.29, 1.82) is 0 Å². The molecule has 11 heteroatoms. The number of hydrogen-bond donors (Lipinski definition) is 2. The molecule has 2 aromatic rings. The van der Waals surface area contributed by atoms with Gasteiger partial charge in [0.15, 0.2) is 0 Å². The number of morpholine rings is 1. The Kier molecular flexibility index (Phi) is 8.52. The third kappa shape index (κ3) is 7.34. The summed E-state index contributed by atoms with van der Waals surface area (Å²) < 4.78 is 26.5. The number of ketones is 1. The zero-order valence-corrected chi connectivity index (χ0v) is 21.2. The number of rotatable bonds is 11. The van der Waals surface area contributed by atoms with Gasteiger partial charge in [-0.1, -0.05) is 37.3 Å². The summed E-state index contributed by atoms with van der Waals surface area (Å²) in [6.07, 6.45) is 1.93. The number of nitrogens with one attached hydrogen (secondary N) is 2. The number of alkyl halides is 1. The highest BCUT2D eigenvalue weighted by Crippen LogP contribution is 2.39. The monoisotopic (exact) mass is 515 g/mol. The number of nitrogens with zero attached hydrogens (tertiary/aromatic N) is 3. The highest BCUT2D eigenvalue weighted by molar-refractivity contribution is 5.99. The molecule has 3 amide bonds. The first kappa shape index (κ1) is 26.7. The van der Waals surface area contributed by atoms with E-state index in [1.54, 1.807) is 6.92 Å². The number of urea groups is 1. The van der Waals surface area contributed by atoms with Crippen LogP contribution in [0.1, 0.15) is 67.6 Å². The molecule has 1 saturated heterocycles. The highest BCUT2D eigenvalue weighted by Gasteiger charge is 2.37. The number of carbonyl (C=O) groups is 3. The number of carbonyl (C=O) groups excluding carboxylic acids is 3. The summed E-state index contributed by atoms with van der Waals surface area (Å²) in [6.45, 7) is 4.65. The molecule has 1 aromatic carbocycles. The third-order valence-corrected chi connectivity index (χ3v) is 6.58. The largest absolute Gasteiger partial charge is 0.418 e. The Balaban J connectivity index is 1.46. The molecule has 10 nitrogen and oxygen atoms in total. The smallest absolute Gasteiger partial charge is 0.318 e. The molecule has 2 heterocycles. The van der Waals surface area contributed by atoms with Crippen LogP contribution in [0, 0.1) is 0 Å². The molecule has 1 aliphatic heterocycles. The van der Waals surface area contributed by atoms with Crippen molar-refractivity contribution in [2.24, 2.45) is 0 Å². The summed E-state index contributed by atoms with van der Waals surface area (Å²) in [7, 11) is 0. The molecule has 0 spiro atoms. The normalized spacial score (nSPS) is 18.9. The van der Waals surface area contributed by atoms with E-state index in [1.165, 1.54) is 11.8 Å². The molecule has 4 rings (SSSR count). The predicted molar refractivity (Wildman–Crippen MR) is 132 cm³/mol. The van der Waals surface area contributed by atoms with Gasteiger partial charge in [0.1, 0.15) is 11.7 Å².